The predicted octanol–water partition coefficient (Wildman–Crippen LogP) is 0.693. The Morgan fingerprint density at radius 3 is 2.83 bits per heavy atom. The van der Waals surface area contributed by atoms with E-state index in [2.05, 4.69) is 9.73 Å². The van der Waals surface area contributed by atoms with Crippen molar-refractivity contribution in [3.63, 3.8) is 0 Å². The number of nitrogens with two attached hydrogens (primary N) is 1. The summed E-state index contributed by atoms with van der Waals surface area (Å²) in [5.74, 6) is 0. The molecule has 0 saturated heterocycles. The van der Waals surface area contributed by atoms with Crippen LogP contribution in [0.5, 0.6) is 0 Å². The monoisotopic (exact) mass is 182 g/mol. The first-order valence-corrected chi connectivity index (χ1v) is 3.47. The minimum absolute atomic E-state index is 0.116. The second kappa shape index (κ2) is 3.64. The van der Waals surface area contributed by atoms with Crippen LogP contribution in [0.3, 0.4) is 0 Å². The van der Waals surface area contributed by atoms with Gasteiger partial charge in [0.2, 0.25) is 0 Å². The fraction of sp³-hybridized carbons (Fsp3) is 0.833. The summed E-state index contributed by atoms with van der Waals surface area (Å²) >= 11 is 0. The molecule has 0 aromatic rings. The molecule has 0 saturated carbocycles. The minimum atomic E-state index is -2.61. The lowest BCUT2D eigenvalue weighted by atomic mass is 10.1. The van der Waals surface area contributed by atoms with E-state index in [4.69, 9.17) is 5.73 Å². The third-order valence-corrected chi connectivity index (χ3v) is 1.55. The highest BCUT2D eigenvalue weighted by Crippen LogP contribution is 2.18. The van der Waals surface area contributed by atoms with Crippen molar-refractivity contribution in [3.8, 4) is 0 Å². The van der Waals surface area contributed by atoms with E-state index in [0.29, 0.717) is 0 Å². The van der Waals surface area contributed by atoms with Crippen LogP contribution >= 0.6 is 0 Å². The Balaban J connectivity index is 2.60. The van der Waals surface area contributed by atoms with Crippen LogP contribution in [0.2, 0.25) is 0 Å². The van der Waals surface area contributed by atoms with Crippen LogP contribution in [0.25, 0.3) is 0 Å². The molecule has 0 aromatic carbocycles. The zero-order valence-corrected chi connectivity index (χ0v) is 6.21. The Bertz CT molecular complexity index is 186. The van der Waals surface area contributed by atoms with Gasteiger partial charge in [0.15, 0.2) is 0 Å². The van der Waals surface area contributed by atoms with Gasteiger partial charge in [0.25, 0.3) is 12.4 Å². The summed E-state index contributed by atoms with van der Waals surface area (Å²) < 4.78 is 40.8. The Labute approximate surface area is 67.4 Å². The van der Waals surface area contributed by atoms with Crippen molar-refractivity contribution in [2.24, 2.45) is 10.7 Å². The van der Waals surface area contributed by atoms with E-state index in [-0.39, 0.29) is 12.4 Å². The molecule has 1 aliphatic rings. The van der Waals surface area contributed by atoms with E-state index in [1.54, 1.807) is 0 Å². The van der Waals surface area contributed by atoms with Crippen molar-refractivity contribution < 1.29 is 17.9 Å². The third kappa shape index (κ3) is 2.02. The van der Waals surface area contributed by atoms with Gasteiger partial charge in [-0.1, -0.05) is 0 Å². The van der Waals surface area contributed by atoms with Crippen LogP contribution in [0.4, 0.5) is 13.2 Å². The molecule has 0 aromatic heterocycles. The lowest BCUT2D eigenvalue weighted by Gasteiger charge is -2.24. The van der Waals surface area contributed by atoms with Gasteiger partial charge in [-0.25, -0.2) is 18.2 Å². The van der Waals surface area contributed by atoms with Crippen molar-refractivity contribution in [1.29, 1.82) is 0 Å². The van der Waals surface area contributed by atoms with Crippen LogP contribution in [-0.4, -0.2) is 31.3 Å². The fourth-order valence-corrected chi connectivity index (χ4v) is 0.988. The molecule has 0 bridgehead atoms. The molecule has 0 fully saturated rings. The molecule has 0 spiro atoms. The molecule has 1 aliphatic heterocycles. The Kier molecular flexibility index (Phi) is 2.78. The van der Waals surface area contributed by atoms with Crippen LogP contribution in [-0.2, 0) is 4.74 Å². The Morgan fingerprint density at radius 2 is 2.33 bits per heavy atom. The van der Waals surface area contributed by atoms with Crippen molar-refractivity contribution in [1.82, 2.24) is 0 Å². The van der Waals surface area contributed by atoms with E-state index in [1.807, 2.05) is 0 Å². The van der Waals surface area contributed by atoms with Gasteiger partial charge < -0.3 is 10.5 Å². The second-order valence-electron chi connectivity index (χ2n) is 2.50. The lowest BCUT2D eigenvalue weighted by Crippen LogP contribution is -2.37. The summed E-state index contributed by atoms with van der Waals surface area (Å²) in [6.45, 7) is -0.820. The SMILES string of the molecule is NC1=NC(C(F)F)C[C@@H](CF)O1. The number of aliphatic imine (C=N–C) groups is 1. The van der Waals surface area contributed by atoms with Crippen LogP contribution < -0.4 is 5.73 Å². The highest BCUT2D eigenvalue weighted by molar-refractivity contribution is 5.72. The second-order valence-corrected chi connectivity index (χ2v) is 2.50. The molecule has 0 radical (unpaired) electrons. The summed E-state index contributed by atoms with van der Waals surface area (Å²) in [6.07, 6.45) is -3.60. The van der Waals surface area contributed by atoms with Crippen LogP contribution in [0.15, 0.2) is 4.99 Å². The molecule has 0 amide bonds. The van der Waals surface area contributed by atoms with Gasteiger partial charge >= 0.3 is 0 Å². The maximum absolute atomic E-state index is 12.1. The van der Waals surface area contributed by atoms with E-state index < -0.39 is 25.2 Å². The number of hydrogen-bond acceptors (Lipinski definition) is 3. The van der Waals surface area contributed by atoms with E-state index in [1.165, 1.54) is 0 Å². The third-order valence-electron chi connectivity index (χ3n) is 1.55. The lowest BCUT2D eigenvalue weighted by molar-refractivity contribution is 0.0536. The van der Waals surface area contributed by atoms with Crippen molar-refractivity contribution in [3.05, 3.63) is 0 Å². The van der Waals surface area contributed by atoms with Gasteiger partial charge in [0.05, 0.1) is 0 Å². The van der Waals surface area contributed by atoms with Gasteiger partial charge in [-0.15, -0.1) is 0 Å². The molecule has 1 unspecified atom stereocenters. The molecular formula is C6H9F3N2O. The molecule has 6 heteroatoms. The topological polar surface area (TPSA) is 47.6 Å². The van der Waals surface area contributed by atoms with Gasteiger partial charge in [0.1, 0.15) is 18.8 Å². The van der Waals surface area contributed by atoms with Crippen LogP contribution in [0, 0.1) is 0 Å². The molecule has 2 atom stereocenters. The maximum Gasteiger partial charge on any atom is 0.282 e. The van der Waals surface area contributed by atoms with Gasteiger partial charge in [-0.3, -0.25) is 0 Å². The van der Waals surface area contributed by atoms with Gasteiger partial charge in [-0.05, 0) is 0 Å². The summed E-state index contributed by atoms with van der Waals surface area (Å²) in [5, 5.41) is 0. The number of alkyl halides is 3. The molecule has 3 nitrogen and oxygen atoms in total. The van der Waals surface area contributed by atoms with Crippen LogP contribution in [0.1, 0.15) is 6.42 Å². The molecule has 2 N–H and O–H groups in total. The largest absolute Gasteiger partial charge is 0.459 e. The first-order valence-electron chi connectivity index (χ1n) is 3.47. The molecular weight excluding hydrogens is 173 g/mol. The minimum Gasteiger partial charge on any atom is -0.459 e. The first-order chi connectivity index (χ1) is 5.63. The predicted molar refractivity (Wildman–Crippen MR) is 36.9 cm³/mol. The van der Waals surface area contributed by atoms with Gasteiger partial charge in [-0.2, -0.15) is 0 Å². The summed E-state index contributed by atoms with van der Waals surface area (Å²) in [7, 11) is 0. The number of halogens is 3. The average Bonchev–Trinajstić information content (AvgIpc) is 2.03. The van der Waals surface area contributed by atoms with E-state index in [9.17, 15) is 13.2 Å². The Morgan fingerprint density at radius 1 is 1.67 bits per heavy atom. The van der Waals surface area contributed by atoms with Crippen molar-refractivity contribution in [2.45, 2.75) is 25.0 Å². The Hall–Kier alpha value is -0.940. The smallest absolute Gasteiger partial charge is 0.282 e. The number of ether oxygens (including phenoxy) is 1. The number of nitrogens with zero attached hydrogens (tertiary/aromatic N) is 1. The molecule has 12 heavy (non-hydrogen) atoms. The normalized spacial score (nSPS) is 29.8. The average molecular weight is 182 g/mol. The zero-order valence-electron chi connectivity index (χ0n) is 6.21. The summed E-state index contributed by atoms with van der Waals surface area (Å²) in [4.78, 5) is 3.34. The summed E-state index contributed by atoms with van der Waals surface area (Å²) in [6, 6.07) is -1.58. The first kappa shape index (κ1) is 9.15. The van der Waals surface area contributed by atoms with E-state index in [0.717, 1.165) is 0 Å². The highest BCUT2D eigenvalue weighted by Gasteiger charge is 2.29. The van der Waals surface area contributed by atoms with Gasteiger partial charge in [0, 0.05) is 6.42 Å². The fourth-order valence-electron chi connectivity index (χ4n) is 0.988. The summed E-state index contributed by atoms with van der Waals surface area (Å²) in [5.41, 5.74) is 5.06. The standard InChI is InChI=1S/C6H9F3N2O/c7-2-3-1-4(5(8)9)11-6(10)12-3/h3-5H,1-2H2,(H2,10,11)/t3-,4?/m0/s1. The van der Waals surface area contributed by atoms with E-state index >= 15 is 0 Å². The van der Waals surface area contributed by atoms with Crippen molar-refractivity contribution >= 4 is 6.02 Å². The molecule has 70 valence electrons. The highest BCUT2D eigenvalue weighted by atomic mass is 19.3. The molecule has 0 aliphatic carbocycles. The molecule has 1 heterocycles. The quantitative estimate of drug-likeness (QED) is 0.683. The maximum atomic E-state index is 12.1. The van der Waals surface area contributed by atoms with Crippen molar-refractivity contribution in [2.75, 3.05) is 6.67 Å². The number of hydrogen-bond donors (Lipinski definition) is 1. The molecule has 1 rings (SSSR count). The zero-order chi connectivity index (χ0) is 9.14. The number of rotatable bonds is 2. The number of amidine groups is 1.